The molecule has 0 spiro atoms. The molecule has 0 atom stereocenters. The number of terminal acetylenes is 1. The summed E-state index contributed by atoms with van der Waals surface area (Å²) in [5, 5.41) is 12.5. The molecule has 0 radical (unpaired) electrons. The predicted octanol–water partition coefficient (Wildman–Crippen LogP) is 3.49. The Kier molecular flexibility index (Phi) is 4.85. The van der Waals surface area contributed by atoms with Crippen molar-refractivity contribution in [2.24, 2.45) is 0 Å². The first-order valence-electron chi connectivity index (χ1n) is 6.64. The van der Waals surface area contributed by atoms with Crippen LogP contribution in [0.3, 0.4) is 0 Å². The van der Waals surface area contributed by atoms with Crippen molar-refractivity contribution in [2.75, 3.05) is 11.9 Å². The summed E-state index contributed by atoms with van der Waals surface area (Å²) in [4.78, 5) is 0. The summed E-state index contributed by atoms with van der Waals surface area (Å²) < 4.78 is 5.51. The molecule has 2 aromatic carbocycles. The Balaban J connectivity index is 2.16. The Morgan fingerprint density at radius 1 is 1.19 bits per heavy atom. The molecule has 0 aliphatic heterocycles. The summed E-state index contributed by atoms with van der Waals surface area (Å²) in [6.45, 7) is 2.73. The van der Waals surface area contributed by atoms with E-state index in [0.29, 0.717) is 12.1 Å². The quantitative estimate of drug-likeness (QED) is 0.850. The van der Waals surface area contributed by atoms with Crippen LogP contribution in [0.25, 0.3) is 0 Å². The third-order valence-electron chi connectivity index (χ3n) is 3.14. The van der Waals surface area contributed by atoms with E-state index in [1.807, 2.05) is 49.4 Å². The van der Waals surface area contributed by atoms with Gasteiger partial charge in [-0.3, -0.25) is 0 Å². The smallest absolute Gasteiger partial charge is 0.148 e. The van der Waals surface area contributed by atoms with Crippen LogP contribution in [0.4, 0.5) is 5.69 Å². The molecule has 3 heteroatoms. The van der Waals surface area contributed by atoms with E-state index in [1.165, 1.54) is 0 Å². The van der Waals surface area contributed by atoms with E-state index in [9.17, 15) is 5.26 Å². The minimum atomic E-state index is 0.241. The summed E-state index contributed by atoms with van der Waals surface area (Å²) in [7, 11) is 0. The van der Waals surface area contributed by atoms with Gasteiger partial charge in [0.2, 0.25) is 0 Å². The zero-order valence-electron chi connectivity index (χ0n) is 11.9. The third-order valence-corrected chi connectivity index (χ3v) is 3.14. The summed E-state index contributed by atoms with van der Waals surface area (Å²) in [5.41, 5.74) is 3.45. The number of ether oxygens (including phenoxy) is 1. The lowest BCUT2D eigenvalue weighted by Crippen LogP contribution is -2.05. The van der Waals surface area contributed by atoms with Gasteiger partial charge in [-0.1, -0.05) is 36.3 Å². The zero-order valence-corrected chi connectivity index (χ0v) is 11.9. The van der Waals surface area contributed by atoms with Crippen molar-refractivity contribution in [1.82, 2.24) is 0 Å². The van der Waals surface area contributed by atoms with Crippen LogP contribution in [-0.2, 0) is 6.54 Å². The van der Waals surface area contributed by atoms with Crippen LogP contribution in [0.2, 0.25) is 0 Å². The van der Waals surface area contributed by atoms with Gasteiger partial charge in [-0.2, -0.15) is 5.26 Å². The molecule has 0 saturated carbocycles. The van der Waals surface area contributed by atoms with Gasteiger partial charge in [-0.25, -0.2) is 0 Å². The molecule has 0 unspecified atom stereocenters. The average molecular weight is 276 g/mol. The topological polar surface area (TPSA) is 45.0 Å². The number of nitrogens with one attached hydrogen (secondary N) is 1. The van der Waals surface area contributed by atoms with Crippen LogP contribution in [0.15, 0.2) is 42.5 Å². The molecule has 0 fully saturated rings. The Morgan fingerprint density at radius 2 is 2.00 bits per heavy atom. The average Bonchev–Trinajstić information content (AvgIpc) is 2.51. The maximum atomic E-state index is 9.23. The molecule has 0 aliphatic carbocycles. The molecule has 21 heavy (non-hydrogen) atoms. The Hall–Kier alpha value is -2.91. The SMILES string of the molecule is C#CCOc1ccccc1CNc1cccc(C)c1C#N. The maximum absolute atomic E-state index is 9.23. The van der Waals surface area contributed by atoms with Gasteiger partial charge in [0, 0.05) is 12.1 Å². The number of hydrogen-bond donors (Lipinski definition) is 1. The molecule has 0 bridgehead atoms. The second-order valence-corrected chi connectivity index (χ2v) is 4.56. The highest BCUT2D eigenvalue weighted by Crippen LogP contribution is 2.22. The fourth-order valence-electron chi connectivity index (χ4n) is 2.06. The maximum Gasteiger partial charge on any atom is 0.148 e. The van der Waals surface area contributed by atoms with Crippen LogP contribution >= 0.6 is 0 Å². The highest BCUT2D eigenvalue weighted by atomic mass is 16.5. The second-order valence-electron chi connectivity index (χ2n) is 4.56. The first-order valence-corrected chi connectivity index (χ1v) is 6.64. The fraction of sp³-hybridized carbons (Fsp3) is 0.167. The minimum Gasteiger partial charge on any atom is -0.481 e. The van der Waals surface area contributed by atoms with Crippen LogP contribution in [0, 0.1) is 30.6 Å². The highest BCUT2D eigenvalue weighted by molar-refractivity contribution is 5.61. The standard InChI is InChI=1S/C18H16N2O/c1-3-11-21-18-10-5-4-8-15(18)13-20-17-9-6-7-14(2)16(17)12-19/h1,4-10,20H,11,13H2,2H3. The molecular formula is C18H16N2O. The number of rotatable bonds is 5. The lowest BCUT2D eigenvalue weighted by atomic mass is 10.1. The van der Waals surface area contributed by atoms with E-state index >= 15 is 0 Å². The fourth-order valence-corrected chi connectivity index (χ4v) is 2.06. The van der Waals surface area contributed by atoms with Crippen molar-refractivity contribution >= 4 is 5.69 Å². The molecular weight excluding hydrogens is 260 g/mol. The summed E-state index contributed by atoms with van der Waals surface area (Å²) >= 11 is 0. The molecule has 0 heterocycles. The molecule has 1 N–H and O–H groups in total. The van der Waals surface area contributed by atoms with Crippen molar-refractivity contribution in [1.29, 1.82) is 5.26 Å². The molecule has 2 aromatic rings. The van der Waals surface area contributed by atoms with E-state index in [1.54, 1.807) is 0 Å². The van der Waals surface area contributed by atoms with Crippen molar-refractivity contribution in [3.8, 4) is 24.2 Å². The number of hydrogen-bond acceptors (Lipinski definition) is 3. The zero-order chi connectivity index (χ0) is 15.1. The largest absolute Gasteiger partial charge is 0.481 e. The number of nitriles is 1. The van der Waals surface area contributed by atoms with E-state index in [-0.39, 0.29) is 6.61 Å². The van der Waals surface area contributed by atoms with Crippen molar-refractivity contribution in [2.45, 2.75) is 13.5 Å². The lowest BCUT2D eigenvalue weighted by Gasteiger charge is -2.13. The number of aryl methyl sites for hydroxylation is 1. The molecule has 3 nitrogen and oxygen atoms in total. The second kappa shape index (κ2) is 7.03. The molecule has 104 valence electrons. The first-order chi connectivity index (χ1) is 10.3. The normalized spacial score (nSPS) is 9.48. The van der Waals surface area contributed by atoms with Gasteiger partial charge in [0.05, 0.1) is 11.3 Å². The highest BCUT2D eigenvalue weighted by Gasteiger charge is 2.06. The van der Waals surface area contributed by atoms with Crippen molar-refractivity contribution in [3.63, 3.8) is 0 Å². The summed E-state index contributed by atoms with van der Waals surface area (Å²) in [5.74, 6) is 3.22. The third kappa shape index (κ3) is 3.55. The van der Waals surface area contributed by atoms with E-state index in [0.717, 1.165) is 22.6 Å². The van der Waals surface area contributed by atoms with Gasteiger partial charge in [0.25, 0.3) is 0 Å². The number of para-hydroxylation sites is 1. The van der Waals surface area contributed by atoms with Crippen LogP contribution < -0.4 is 10.1 Å². The van der Waals surface area contributed by atoms with E-state index < -0.39 is 0 Å². The molecule has 0 aromatic heterocycles. The van der Waals surface area contributed by atoms with Gasteiger partial charge in [0.1, 0.15) is 18.4 Å². The monoisotopic (exact) mass is 276 g/mol. The number of nitrogens with zero attached hydrogens (tertiary/aromatic N) is 1. The Labute approximate surface area is 125 Å². The van der Waals surface area contributed by atoms with E-state index in [4.69, 9.17) is 11.2 Å². The van der Waals surface area contributed by atoms with E-state index in [2.05, 4.69) is 17.3 Å². The first kappa shape index (κ1) is 14.5. The van der Waals surface area contributed by atoms with Crippen LogP contribution in [0.5, 0.6) is 5.75 Å². The van der Waals surface area contributed by atoms with Gasteiger partial charge in [-0.15, -0.1) is 6.42 Å². The minimum absolute atomic E-state index is 0.241. The van der Waals surface area contributed by atoms with Crippen molar-refractivity contribution in [3.05, 3.63) is 59.2 Å². The van der Waals surface area contributed by atoms with Crippen LogP contribution in [0.1, 0.15) is 16.7 Å². The van der Waals surface area contributed by atoms with Gasteiger partial charge in [-0.05, 0) is 24.6 Å². The molecule has 0 saturated heterocycles. The Bertz CT molecular complexity index is 708. The Morgan fingerprint density at radius 3 is 2.76 bits per heavy atom. The van der Waals surface area contributed by atoms with Crippen LogP contribution in [-0.4, -0.2) is 6.61 Å². The molecule has 2 rings (SSSR count). The van der Waals surface area contributed by atoms with Gasteiger partial charge >= 0.3 is 0 Å². The van der Waals surface area contributed by atoms with Gasteiger partial charge in [0.15, 0.2) is 0 Å². The number of anilines is 1. The predicted molar refractivity (Wildman–Crippen MR) is 84.0 cm³/mol. The summed E-state index contributed by atoms with van der Waals surface area (Å²) in [6, 6.07) is 15.7. The lowest BCUT2D eigenvalue weighted by molar-refractivity contribution is 0.366. The molecule has 0 amide bonds. The summed E-state index contributed by atoms with van der Waals surface area (Å²) in [6.07, 6.45) is 5.22. The van der Waals surface area contributed by atoms with Crippen molar-refractivity contribution < 1.29 is 4.74 Å². The van der Waals surface area contributed by atoms with Gasteiger partial charge < -0.3 is 10.1 Å². The molecule has 0 aliphatic rings. The number of benzene rings is 2.